The summed E-state index contributed by atoms with van der Waals surface area (Å²) in [4.78, 5) is 22.8. The van der Waals surface area contributed by atoms with Crippen molar-refractivity contribution in [1.29, 1.82) is 0 Å². The molecule has 23 heavy (non-hydrogen) atoms. The molecule has 0 aliphatic rings. The number of carbonyl (C=O) groups is 2. The van der Waals surface area contributed by atoms with Crippen molar-refractivity contribution in [2.75, 3.05) is 13.1 Å². The number of hydrogen-bond donors (Lipinski definition) is 3. The average molecular weight is 331 g/mol. The van der Waals surface area contributed by atoms with Crippen LogP contribution in [0.5, 0.6) is 0 Å². The highest BCUT2D eigenvalue weighted by Crippen LogP contribution is 2.20. The number of nitrogens with one attached hydrogen (secondary N) is 3. The molecule has 128 valence electrons. The van der Waals surface area contributed by atoms with Crippen LogP contribution in [0.15, 0.2) is 30.3 Å². The van der Waals surface area contributed by atoms with Crippen molar-refractivity contribution in [3.63, 3.8) is 0 Å². The van der Waals surface area contributed by atoms with E-state index in [1.165, 1.54) is 0 Å². The van der Waals surface area contributed by atoms with Gasteiger partial charge in [-0.15, -0.1) is 0 Å². The third kappa shape index (κ3) is 7.64. The zero-order valence-electron chi connectivity index (χ0n) is 12.9. The first-order chi connectivity index (χ1) is 10.7. The monoisotopic (exact) mass is 331 g/mol. The van der Waals surface area contributed by atoms with Gasteiger partial charge < -0.3 is 10.6 Å². The second kappa shape index (κ2) is 8.52. The number of rotatable bonds is 6. The standard InChI is InChI=1S/C15H20F3N3O2/c1-10(2)13(11-6-4-3-5-7-11)19-8-12(22)21-14(23)20-9-15(16,17)18/h3-7,10,13,19H,8-9H2,1-2H3,(H2,20,21,22,23)/t13-/m0/s1. The molecule has 0 radical (unpaired) electrons. The Morgan fingerprint density at radius 3 is 2.26 bits per heavy atom. The summed E-state index contributed by atoms with van der Waals surface area (Å²) in [6.45, 7) is 2.27. The number of amides is 3. The van der Waals surface area contributed by atoms with Crippen LogP contribution in [0.1, 0.15) is 25.5 Å². The van der Waals surface area contributed by atoms with Gasteiger partial charge in [-0.25, -0.2) is 4.79 Å². The molecule has 3 N–H and O–H groups in total. The number of carbonyl (C=O) groups excluding carboxylic acids is 2. The van der Waals surface area contributed by atoms with Crippen LogP contribution in [-0.4, -0.2) is 31.2 Å². The summed E-state index contributed by atoms with van der Waals surface area (Å²) in [5, 5.41) is 6.42. The summed E-state index contributed by atoms with van der Waals surface area (Å²) >= 11 is 0. The summed E-state index contributed by atoms with van der Waals surface area (Å²) in [5.74, 6) is -0.518. The predicted molar refractivity (Wildman–Crippen MR) is 79.6 cm³/mol. The van der Waals surface area contributed by atoms with Gasteiger partial charge in [-0.2, -0.15) is 13.2 Å². The van der Waals surface area contributed by atoms with Crippen molar-refractivity contribution in [3.8, 4) is 0 Å². The molecule has 0 aromatic heterocycles. The number of alkyl halides is 3. The molecule has 0 spiro atoms. The molecular formula is C15H20F3N3O2. The number of hydrogen-bond acceptors (Lipinski definition) is 3. The van der Waals surface area contributed by atoms with Crippen molar-refractivity contribution in [3.05, 3.63) is 35.9 Å². The molecule has 0 unspecified atom stereocenters. The largest absolute Gasteiger partial charge is 0.405 e. The number of benzene rings is 1. The van der Waals surface area contributed by atoms with Crippen LogP contribution < -0.4 is 16.0 Å². The zero-order chi connectivity index (χ0) is 17.5. The fourth-order valence-electron chi connectivity index (χ4n) is 2.00. The molecule has 1 atom stereocenters. The molecule has 1 rings (SSSR count). The van der Waals surface area contributed by atoms with Gasteiger partial charge in [0.1, 0.15) is 6.54 Å². The van der Waals surface area contributed by atoms with E-state index in [-0.39, 0.29) is 18.5 Å². The minimum Gasteiger partial charge on any atom is -0.329 e. The first-order valence-corrected chi connectivity index (χ1v) is 7.12. The Labute approximate surface area is 132 Å². The second-order valence-corrected chi connectivity index (χ2v) is 5.36. The average Bonchev–Trinajstić information content (AvgIpc) is 2.45. The van der Waals surface area contributed by atoms with E-state index in [0.29, 0.717) is 0 Å². The highest BCUT2D eigenvalue weighted by Gasteiger charge is 2.28. The maximum Gasteiger partial charge on any atom is 0.405 e. The van der Waals surface area contributed by atoms with Crippen molar-refractivity contribution < 1.29 is 22.8 Å². The Balaban J connectivity index is 2.46. The molecule has 0 aliphatic heterocycles. The second-order valence-electron chi connectivity index (χ2n) is 5.36. The molecule has 0 saturated carbocycles. The molecule has 3 amide bonds. The zero-order valence-corrected chi connectivity index (χ0v) is 12.9. The predicted octanol–water partition coefficient (Wildman–Crippen LogP) is 2.36. The van der Waals surface area contributed by atoms with Gasteiger partial charge in [0.2, 0.25) is 5.91 Å². The number of halogens is 3. The lowest BCUT2D eigenvalue weighted by Gasteiger charge is -2.22. The Hall–Kier alpha value is -2.09. The fourth-order valence-corrected chi connectivity index (χ4v) is 2.00. The normalized spacial score (nSPS) is 12.8. The lowest BCUT2D eigenvalue weighted by atomic mass is 9.96. The van der Waals surface area contributed by atoms with E-state index in [2.05, 4.69) is 5.32 Å². The summed E-state index contributed by atoms with van der Waals surface area (Å²) in [6, 6.07) is 8.15. The highest BCUT2D eigenvalue weighted by atomic mass is 19.4. The van der Waals surface area contributed by atoms with Crippen molar-refractivity contribution in [2.24, 2.45) is 5.92 Å². The maximum atomic E-state index is 11.9. The number of urea groups is 1. The van der Waals surface area contributed by atoms with Crippen LogP contribution >= 0.6 is 0 Å². The van der Waals surface area contributed by atoms with Crippen LogP contribution in [0.4, 0.5) is 18.0 Å². The quantitative estimate of drug-likeness (QED) is 0.749. The molecule has 0 heterocycles. The van der Waals surface area contributed by atoms with Gasteiger partial charge in [0, 0.05) is 6.04 Å². The molecule has 0 bridgehead atoms. The van der Waals surface area contributed by atoms with Gasteiger partial charge >= 0.3 is 12.2 Å². The van der Waals surface area contributed by atoms with Crippen LogP contribution in [0.3, 0.4) is 0 Å². The van der Waals surface area contributed by atoms with Crippen LogP contribution in [0.25, 0.3) is 0 Å². The van der Waals surface area contributed by atoms with Gasteiger partial charge in [-0.05, 0) is 11.5 Å². The van der Waals surface area contributed by atoms with Crippen molar-refractivity contribution in [2.45, 2.75) is 26.1 Å². The van der Waals surface area contributed by atoms with E-state index in [9.17, 15) is 22.8 Å². The van der Waals surface area contributed by atoms with E-state index < -0.39 is 24.7 Å². The van der Waals surface area contributed by atoms with Crippen molar-refractivity contribution >= 4 is 11.9 Å². The Morgan fingerprint density at radius 1 is 1.13 bits per heavy atom. The van der Waals surface area contributed by atoms with Gasteiger partial charge in [0.15, 0.2) is 0 Å². The molecule has 1 aromatic rings. The summed E-state index contributed by atoms with van der Waals surface area (Å²) in [5.41, 5.74) is 0.983. The van der Waals surface area contributed by atoms with E-state index in [4.69, 9.17) is 0 Å². The highest BCUT2D eigenvalue weighted by molar-refractivity contribution is 5.95. The smallest absolute Gasteiger partial charge is 0.329 e. The molecule has 8 heteroatoms. The summed E-state index contributed by atoms with van der Waals surface area (Å²) in [6.07, 6.45) is -4.52. The maximum absolute atomic E-state index is 11.9. The molecule has 0 saturated heterocycles. The van der Waals surface area contributed by atoms with E-state index in [1.54, 1.807) is 5.32 Å². The van der Waals surface area contributed by atoms with E-state index in [1.807, 2.05) is 49.5 Å². The van der Waals surface area contributed by atoms with E-state index in [0.717, 1.165) is 5.56 Å². The molecular weight excluding hydrogens is 311 g/mol. The van der Waals surface area contributed by atoms with Crippen LogP contribution in [-0.2, 0) is 4.79 Å². The summed E-state index contributed by atoms with van der Waals surface area (Å²) in [7, 11) is 0. The molecule has 1 aromatic carbocycles. The molecule has 0 aliphatic carbocycles. The fraction of sp³-hybridized carbons (Fsp3) is 0.467. The van der Waals surface area contributed by atoms with Crippen molar-refractivity contribution in [1.82, 2.24) is 16.0 Å². The van der Waals surface area contributed by atoms with Gasteiger partial charge in [0.25, 0.3) is 0 Å². The molecule has 5 nitrogen and oxygen atoms in total. The van der Waals surface area contributed by atoms with Gasteiger partial charge in [-0.1, -0.05) is 44.2 Å². The number of imide groups is 1. The topological polar surface area (TPSA) is 70.2 Å². The third-order valence-corrected chi connectivity index (χ3v) is 3.01. The Kier molecular flexibility index (Phi) is 7.02. The minimum absolute atomic E-state index is 0.111. The van der Waals surface area contributed by atoms with Crippen LogP contribution in [0.2, 0.25) is 0 Å². The van der Waals surface area contributed by atoms with E-state index >= 15 is 0 Å². The first-order valence-electron chi connectivity index (χ1n) is 7.12. The third-order valence-electron chi connectivity index (χ3n) is 3.01. The Morgan fingerprint density at radius 2 is 1.74 bits per heavy atom. The van der Waals surface area contributed by atoms with Gasteiger partial charge in [0.05, 0.1) is 6.54 Å². The lowest BCUT2D eigenvalue weighted by molar-refractivity contribution is -0.124. The lowest BCUT2D eigenvalue weighted by Crippen LogP contribution is -2.46. The summed E-state index contributed by atoms with van der Waals surface area (Å²) < 4.78 is 35.8. The Bertz CT molecular complexity index is 518. The first kappa shape index (κ1) is 19.0. The van der Waals surface area contributed by atoms with Crippen LogP contribution in [0, 0.1) is 5.92 Å². The SMILES string of the molecule is CC(C)[C@H](NCC(=O)NC(=O)NCC(F)(F)F)c1ccccc1. The minimum atomic E-state index is -4.52. The molecule has 0 fully saturated rings. The van der Waals surface area contributed by atoms with Gasteiger partial charge in [-0.3, -0.25) is 10.1 Å².